The highest BCUT2D eigenvalue weighted by Gasteiger charge is 2.29. The Morgan fingerprint density at radius 1 is 1.29 bits per heavy atom. The number of nitrogens with one attached hydrogen (secondary N) is 2. The molecule has 0 saturated heterocycles. The van der Waals surface area contributed by atoms with E-state index in [2.05, 4.69) is 10.6 Å². The Morgan fingerprint density at radius 2 is 1.95 bits per heavy atom. The van der Waals surface area contributed by atoms with E-state index in [0.29, 0.717) is 19.3 Å². The molecule has 0 aromatic carbocycles. The molecule has 0 aromatic rings. The number of nitrogens with two attached hydrogens (primary N) is 1. The molecule has 0 bridgehead atoms. The van der Waals surface area contributed by atoms with Gasteiger partial charge in [-0.1, -0.05) is 13.8 Å². The quantitative estimate of drug-likeness (QED) is 0.552. The molecule has 3 amide bonds. The van der Waals surface area contributed by atoms with Crippen LogP contribution < -0.4 is 16.4 Å². The van der Waals surface area contributed by atoms with Gasteiger partial charge in [0, 0.05) is 18.5 Å². The minimum Gasteiger partial charge on any atom is -0.481 e. The predicted octanol–water partition coefficient (Wildman–Crippen LogP) is 0.687. The van der Waals surface area contributed by atoms with Gasteiger partial charge in [-0.05, 0) is 31.6 Å². The summed E-state index contributed by atoms with van der Waals surface area (Å²) in [7, 11) is 0. The lowest BCUT2D eigenvalue weighted by atomic mass is 9.97. The van der Waals surface area contributed by atoms with Crippen LogP contribution in [-0.4, -0.2) is 35.6 Å². The zero-order valence-corrected chi connectivity index (χ0v) is 12.6. The van der Waals surface area contributed by atoms with E-state index in [4.69, 9.17) is 10.8 Å². The number of carbonyl (C=O) groups excluding carboxylic acids is 2. The number of rotatable bonds is 7. The Bertz CT molecular complexity index is 398. The number of aliphatic carboxylic acids is 1. The predicted molar refractivity (Wildman–Crippen MR) is 77.4 cm³/mol. The van der Waals surface area contributed by atoms with Crippen LogP contribution in [0.4, 0.5) is 4.79 Å². The van der Waals surface area contributed by atoms with Gasteiger partial charge in [-0.25, -0.2) is 4.79 Å². The first-order valence-corrected chi connectivity index (χ1v) is 7.36. The van der Waals surface area contributed by atoms with Gasteiger partial charge in [0.15, 0.2) is 0 Å². The number of urea groups is 1. The molecule has 7 heteroatoms. The Labute approximate surface area is 124 Å². The molecular formula is C14H25N3O4. The van der Waals surface area contributed by atoms with Crippen molar-refractivity contribution in [1.82, 2.24) is 10.6 Å². The first-order valence-electron chi connectivity index (χ1n) is 7.36. The molecule has 120 valence electrons. The van der Waals surface area contributed by atoms with E-state index in [0.717, 1.165) is 6.42 Å². The first-order chi connectivity index (χ1) is 9.79. The number of carbonyl (C=O) groups is 3. The van der Waals surface area contributed by atoms with Gasteiger partial charge < -0.3 is 21.5 Å². The van der Waals surface area contributed by atoms with Gasteiger partial charge in [0.2, 0.25) is 5.91 Å². The molecule has 1 saturated carbocycles. The maximum atomic E-state index is 11.8. The summed E-state index contributed by atoms with van der Waals surface area (Å²) >= 11 is 0. The van der Waals surface area contributed by atoms with Crippen LogP contribution in [-0.2, 0) is 9.59 Å². The van der Waals surface area contributed by atoms with Crippen molar-refractivity contribution in [2.24, 2.45) is 23.5 Å². The Balaban J connectivity index is 2.33. The standard InChI is InChI=1S/C14H25N3O4/c1-8(2)5-10(13(19)20)7-16-14(21)17-11-4-3-9(6-11)12(15)18/h8-11H,3-7H2,1-2H3,(H2,15,18)(H,19,20)(H2,16,17,21)/t9-,10?,11+/m0/s1. The topological polar surface area (TPSA) is 122 Å². The number of carboxylic acid groups (broad SMARTS) is 1. The van der Waals surface area contributed by atoms with Crippen molar-refractivity contribution in [2.75, 3.05) is 6.54 Å². The maximum Gasteiger partial charge on any atom is 0.315 e. The van der Waals surface area contributed by atoms with E-state index in [9.17, 15) is 14.4 Å². The van der Waals surface area contributed by atoms with Crippen LogP contribution in [0.15, 0.2) is 0 Å². The smallest absolute Gasteiger partial charge is 0.315 e. The summed E-state index contributed by atoms with van der Waals surface area (Å²) in [5.41, 5.74) is 5.24. The molecule has 0 aliphatic heterocycles. The molecule has 1 rings (SSSR count). The van der Waals surface area contributed by atoms with E-state index in [1.165, 1.54) is 0 Å². The van der Waals surface area contributed by atoms with E-state index in [1.807, 2.05) is 13.8 Å². The minimum absolute atomic E-state index is 0.0733. The lowest BCUT2D eigenvalue weighted by Crippen LogP contribution is -2.44. The highest BCUT2D eigenvalue weighted by Crippen LogP contribution is 2.24. The molecule has 0 aromatic heterocycles. The van der Waals surface area contributed by atoms with Gasteiger partial charge in [0.1, 0.15) is 0 Å². The Hall–Kier alpha value is -1.79. The zero-order chi connectivity index (χ0) is 16.0. The fourth-order valence-corrected chi connectivity index (χ4v) is 2.66. The Kier molecular flexibility index (Phi) is 6.45. The van der Waals surface area contributed by atoms with Gasteiger partial charge in [-0.15, -0.1) is 0 Å². The normalized spacial score (nSPS) is 22.8. The van der Waals surface area contributed by atoms with Crippen molar-refractivity contribution < 1.29 is 19.5 Å². The number of hydrogen-bond donors (Lipinski definition) is 4. The summed E-state index contributed by atoms with van der Waals surface area (Å²) in [6.07, 6.45) is 2.47. The summed E-state index contributed by atoms with van der Waals surface area (Å²) in [6.45, 7) is 3.99. The minimum atomic E-state index is -0.904. The van der Waals surface area contributed by atoms with Gasteiger partial charge >= 0.3 is 12.0 Å². The average Bonchev–Trinajstić information content (AvgIpc) is 2.82. The van der Waals surface area contributed by atoms with Crippen molar-refractivity contribution in [3.05, 3.63) is 0 Å². The molecule has 3 atom stereocenters. The molecule has 1 aliphatic carbocycles. The van der Waals surface area contributed by atoms with Crippen molar-refractivity contribution >= 4 is 17.9 Å². The molecule has 0 radical (unpaired) electrons. The van der Waals surface area contributed by atoms with Crippen LogP contribution >= 0.6 is 0 Å². The third-order valence-electron chi connectivity index (χ3n) is 3.78. The molecular weight excluding hydrogens is 274 g/mol. The molecule has 7 nitrogen and oxygen atoms in total. The van der Waals surface area contributed by atoms with Crippen LogP contribution in [0.5, 0.6) is 0 Å². The summed E-state index contributed by atoms with van der Waals surface area (Å²) in [4.78, 5) is 33.9. The third-order valence-corrected chi connectivity index (χ3v) is 3.78. The second-order valence-corrected chi connectivity index (χ2v) is 6.13. The van der Waals surface area contributed by atoms with Crippen LogP contribution in [0.3, 0.4) is 0 Å². The lowest BCUT2D eigenvalue weighted by Gasteiger charge is -2.17. The highest BCUT2D eigenvalue weighted by molar-refractivity contribution is 5.78. The van der Waals surface area contributed by atoms with Gasteiger partial charge in [0.25, 0.3) is 0 Å². The van der Waals surface area contributed by atoms with Crippen molar-refractivity contribution in [3.8, 4) is 0 Å². The molecule has 1 aliphatic rings. The van der Waals surface area contributed by atoms with Crippen molar-refractivity contribution in [2.45, 2.75) is 45.6 Å². The fraction of sp³-hybridized carbons (Fsp3) is 0.786. The largest absolute Gasteiger partial charge is 0.481 e. The van der Waals surface area contributed by atoms with Crippen LogP contribution in [0.25, 0.3) is 0 Å². The second-order valence-electron chi connectivity index (χ2n) is 6.13. The van der Waals surface area contributed by atoms with Crippen molar-refractivity contribution in [1.29, 1.82) is 0 Å². The van der Waals surface area contributed by atoms with Crippen LogP contribution in [0.2, 0.25) is 0 Å². The van der Waals surface area contributed by atoms with Crippen LogP contribution in [0.1, 0.15) is 39.5 Å². The zero-order valence-electron chi connectivity index (χ0n) is 12.6. The third kappa shape index (κ3) is 6.01. The summed E-state index contributed by atoms with van der Waals surface area (Å²) in [5.74, 6) is -1.75. The molecule has 5 N–H and O–H groups in total. The Morgan fingerprint density at radius 3 is 2.43 bits per heavy atom. The first kappa shape index (κ1) is 17.3. The van der Waals surface area contributed by atoms with Crippen LogP contribution in [0, 0.1) is 17.8 Å². The molecule has 0 spiro atoms. The van der Waals surface area contributed by atoms with Crippen molar-refractivity contribution in [3.63, 3.8) is 0 Å². The lowest BCUT2D eigenvalue weighted by molar-refractivity contribution is -0.142. The van der Waals surface area contributed by atoms with Gasteiger partial charge in [-0.3, -0.25) is 9.59 Å². The second kappa shape index (κ2) is 7.85. The number of amides is 3. The summed E-state index contributed by atoms with van der Waals surface area (Å²) in [6, 6.07) is -0.462. The summed E-state index contributed by atoms with van der Waals surface area (Å²) < 4.78 is 0. The SMILES string of the molecule is CC(C)CC(CNC(=O)N[C@@H]1CC[C@H](C(N)=O)C1)C(=O)O. The van der Waals surface area contributed by atoms with E-state index in [-0.39, 0.29) is 36.4 Å². The van der Waals surface area contributed by atoms with E-state index in [1.54, 1.807) is 0 Å². The summed E-state index contributed by atoms with van der Waals surface area (Å²) in [5, 5.41) is 14.4. The van der Waals surface area contributed by atoms with Gasteiger partial charge in [0.05, 0.1) is 5.92 Å². The molecule has 21 heavy (non-hydrogen) atoms. The fourth-order valence-electron chi connectivity index (χ4n) is 2.66. The van der Waals surface area contributed by atoms with E-state index >= 15 is 0 Å². The van der Waals surface area contributed by atoms with E-state index < -0.39 is 11.9 Å². The highest BCUT2D eigenvalue weighted by atomic mass is 16.4. The number of carboxylic acids is 1. The average molecular weight is 299 g/mol. The number of primary amides is 1. The number of hydrogen-bond acceptors (Lipinski definition) is 3. The molecule has 1 unspecified atom stereocenters. The van der Waals surface area contributed by atoms with Gasteiger partial charge in [-0.2, -0.15) is 0 Å². The monoisotopic (exact) mass is 299 g/mol. The molecule has 1 fully saturated rings. The maximum absolute atomic E-state index is 11.8. The molecule has 0 heterocycles.